The summed E-state index contributed by atoms with van der Waals surface area (Å²) in [7, 11) is 0. The first-order valence-corrected chi connectivity index (χ1v) is 7.46. The number of hydrogen-bond donors (Lipinski definition) is 1. The molecule has 1 amide bonds. The van der Waals surface area contributed by atoms with Crippen LogP contribution in [0.5, 0.6) is 0 Å². The Kier molecular flexibility index (Phi) is 5.17. The van der Waals surface area contributed by atoms with Crippen molar-refractivity contribution in [1.82, 2.24) is 4.90 Å². The molecule has 1 aromatic carbocycles. The molecule has 7 heteroatoms. The molecule has 1 heterocycles. The molecule has 0 spiro atoms. The van der Waals surface area contributed by atoms with E-state index in [1.54, 1.807) is 12.1 Å². The Morgan fingerprint density at radius 3 is 2.67 bits per heavy atom. The lowest BCUT2D eigenvalue weighted by Crippen LogP contribution is -2.48. The van der Waals surface area contributed by atoms with Crippen molar-refractivity contribution in [3.8, 4) is 0 Å². The highest BCUT2D eigenvalue weighted by Gasteiger charge is 2.33. The van der Waals surface area contributed by atoms with E-state index in [2.05, 4.69) is 0 Å². The van der Waals surface area contributed by atoms with Crippen molar-refractivity contribution in [1.29, 1.82) is 0 Å². The Balaban J connectivity index is 2.28. The van der Waals surface area contributed by atoms with Crippen LogP contribution in [0.4, 0.5) is 8.78 Å². The number of nitrogens with zero attached hydrogens (tertiary/aromatic N) is 1. The minimum atomic E-state index is -2.63. The fraction of sp³-hybridized carbons (Fsp3) is 0.429. The van der Waals surface area contributed by atoms with Crippen molar-refractivity contribution in [3.63, 3.8) is 0 Å². The van der Waals surface area contributed by atoms with Crippen LogP contribution in [0.25, 0.3) is 0 Å². The van der Waals surface area contributed by atoms with Crippen molar-refractivity contribution in [2.75, 3.05) is 6.54 Å². The summed E-state index contributed by atoms with van der Waals surface area (Å²) in [5.74, 6) is -4.18. The Hall–Kier alpha value is -1.63. The molecule has 0 aromatic heterocycles. The zero-order valence-electron chi connectivity index (χ0n) is 11.2. The summed E-state index contributed by atoms with van der Waals surface area (Å²) in [4.78, 5) is 25.2. The molecular formula is C14H15F2NO3S. The van der Waals surface area contributed by atoms with Gasteiger partial charge >= 0.3 is 5.97 Å². The molecule has 1 N–H and O–H groups in total. The lowest BCUT2D eigenvalue weighted by Gasteiger charge is -2.33. The first-order chi connectivity index (χ1) is 10.0. The van der Waals surface area contributed by atoms with Gasteiger partial charge in [0.05, 0.1) is 5.56 Å². The predicted octanol–water partition coefficient (Wildman–Crippen LogP) is 3.08. The van der Waals surface area contributed by atoms with Crippen LogP contribution in [-0.2, 0) is 4.79 Å². The molecule has 1 saturated heterocycles. The van der Waals surface area contributed by atoms with E-state index < -0.39 is 23.7 Å². The van der Waals surface area contributed by atoms with Crippen molar-refractivity contribution in [2.24, 2.45) is 0 Å². The zero-order valence-corrected chi connectivity index (χ0v) is 12.0. The maximum atomic E-state index is 12.6. The maximum Gasteiger partial charge on any atom is 0.326 e. The van der Waals surface area contributed by atoms with Gasteiger partial charge in [0.1, 0.15) is 6.04 Å². The van der Waals surface area contributed by atoms with Crippen molar-refractivity contribution >= 4 is 23.6 Å². The standard InChI is InChI=1S/C14H15F2NO3S/c15-14(16)21-11-7-2-1-5-9(11)12(18)17-8-4-3-6-10(17)13(19)20/h1-2,5,7,10,14H,3-4,6,8H2,(H,19,20)/t10-/m0/s1. The maximum absolute atomic E-state index is 12.6. The molecule has 1 fully saturated rings. The van der Waals surface area contributed by atoms with Crippen LogP contribution in [-0.4, -0.2) is 40.2 Å². The number of alkyl halides is 2. The van der Waals surface area contributed by atoms with Gasteiger partial charge in [0.25, 0.3) is 11.7 Å². The third-order valence-corrected chi connectivity index (χ3v) is 4.17. The molecule has 0 unspecified atom stereocenters. The smallest absolute Gasteiger partial charge is 0.326 e. The number of carbonyl (C=O) groups excluding carboxylic acids is 1. The van der Waals surface area contributed by atoms with Crippen LogP contribution in [0, 0.1) is 0 Å². The largest absolute Gasteiger partial charge is 0.480 e. The van der Waals surface area contributed by atoms with E-state index >= 15 is 0 Å². The Labute approximate surface area is 125 Å². The van der Waals surface area contributed by atoms with E-state index in [-0.39, 0.29) is 10.5 Å². The van der Waals surface area contributed by atoms with E-state index in [9.17, 15) is 23.5 Å². The number of halogens is 2. The summed E-state index contributed by atoms with van der Waals surface area (Å²) in [6.45, 7) is 0.337. The third kappa shape index (κ3) is 3.72. The van der Waals surface area contributed by atoms with Gasteiger partial charge < -0.3 is 10.0 Å². The SMILES string of the molecule is O=C(O)[C@@H]1CCCCN1C(=O)c1ccccc1SC(F)F. The molecule has 0 aliphatic carbocycles. The topological polar surface area (TPSA) is 57.6 Å². The molecule has 0 bridgehead atoms. The highest BCUT2D eigenvalue weighted by atomic mass is 32.2. The molecule has 1 aromatic rings. The molecule has 1 aliphatic heterocycles. The third-order valence-electron chi connectivity index (χ3n) is 3.38. The number of aliphatic carboxylic acids is 1. The van der Waals surface area contributed by atoms with Crippen LogP contribution in [0.1, 0.15) is 29.6 Å². The van der Waals surface area contributed by atoms with Crippen molar-refractivity contribution in [3.05, 3.63) is 29.8 Å². The molecular weight excluding hydrogens is 300 g/mol. The van der Waals surface area contributed by atoms with E-state index in [0.29, 0.717) is 24.7 Å². The van der Waals surface area contributed by atoms with Crippen molar-refractivity contribution < 1.29 is 23.5 Å². The van der Waals surface area contributed by atoms with Crippen LogP contribution in [0.3, 0.4) is 0 Å². The molecule has 1 atom stereocenters. The van der Waals surface area contributed by atoms with Gasteiger partial charge in [-0.1, -0.05) is 23.9 Å². The molecule has 0 saturated carbocycles. The van der Waals surface area contributed by atoms with Gasteiger partial charge in [-0.15, -0.1) is 0 Å². The van der Waals surface area contributed by atoms with Crippen LogP contribution in [0.15, 0.2) is 29.2 Å². The van der Waals surface area contributed by atoms with Gasteiger partial charge in [0.2, 0.25) is 0 Å². The monoisotopic (exact) mass is 315 g/mol. The highest BCUT2D eigenvalue weighted by molar-refractivity contribution is 7.99. The number of piperidine rings is 1. The number of thioether (sulfide) groups is 1. The average Bonchev–Trinajstić information content (AvgIpc) is 2.46. The van der Waals surface area contributed by atoms with Crippen LogP contribution in [0.2, 0.25) is 0 Å². The number of carboxylic acid groups (broad SMARTS) is 1. The van der Waals surface area contributed by atoms with E-state index in [0.717, 1.165) is 12.8 Å². The fourth-order valence-electron chi connectivity index (χ4n) is 2.43. The number of hydrogen-bond acceptors (Lipinski definition) is 3. The Morgan fingerprint density at radius 1 is 1.29 bits per heavy atom. The number of carbonyl (C=O) groups is 2. The number of carboxylic acids is 1. The van der Waals surface area contributed by atoms with Gasteiger partial charge in [0.15, 0.2) is 0 Å². The van der Waals surface area contributed by atoms with E-state index in [4.69, 9.17) is 0 Å². The summed E-state index contributed by atoms with van der Waals surface area (Å²) in [5.41, 5.74) is 0.135. The highest BCUT2D eigenvalue weighted by Crippen LogP contribution is 2.30. The first-order valence-electron chi connectivity index (χ1n) is 6.58. The fourth-order valence-corrected chi connectivity index (χ4v) is 3.06. The van der Waals surface area contributed by atoms with Crippen LogP contribution < -0.4 is 0 Å². The second-order valence-corrected chi connectivity index (χ2v) is 5.75. The Bertz CT molecular complexity index is 539. The minimum absolute atomic E-state index is 0.135. The average molecular weight is 315 g/mol. The van der Waals surface area contributed by atoms with Crippen molar-refractivity contribution in [2.45, 2.75) is 36.0 Å². The summed E-state index contributed by atoms with van der Waals surface area (Å²) >= 11 is 0.299. The molecule has 4 nitrogen and oxygen atoms in total. The number of benzene rings is 1. The number of amides is 1. The molecule has 1 aliphatic rings. The van der Waals surface area contributed by atoms with E-state index in [1.807, 2.05) is 0 Å². The molecule has 0 radical (unpaired) electrons. The van der Waals surface area contributed by atoms with E-state index in [1.165, 1.54) is 17.0 Å². The van der Waals surface area contributed by atoms with Gasteiger partial charge in [-0.25, -0.2) is 4.79 Å². The quantitative estimate of drug-likeness (QED) is 0.868. The molecule has 2 rings (SSSR count). The van der Waals surface area contributed by atoms with Gasteiger partial charge in [-0.3, -0.25) is 4.79 Å². The molecule has 114 valence electrons. The number of rotatable bonds is 4. The second kappa shape index (κ2) is 6.89. The zero-order chi connectivity index (χ0) is 15.4. The summed E-state index contributed by atoms with van der Waals surface area (Å²) in [6.07, 6.45) is 1.86. The normalized spacial score (nSPS) is 18.8. The predicted molar refractivity (Wildman–Crippen MR) is 74.6 cm³/mol. The van der Waals surface area contributed by atoms with Gasteiger partial charge in [-0.2, -0.15) is 8.78 Å². The number of likely N-dealkylation sites (tertiary alicyclic amines) is 1. The summed E-state index contributed by atoms with van der Waals surface area (Å²) in [5, 5.41) is 9.20. The molecule has 21 heavy (non-hydrogen) atoms. The summed E-state index contributed by atoms with van der Waals surface area (Å²) in [6, 6.07) is 5.19. The minimum Gasteiger partial charge on any atom is -0.480 e. The van der Waals surface area contributed by atoms with Crippen LogP contribution >= 0.6 is 11.8 Å². The lowest BCUT2D eigenvalue weighted by atomic mass is 10.0. The van der Waals surface area contributed by atoms with Gasteiger partial charge in [-0.05, 0) is 31.4 Å². The lowest BCUT2D eigenvalue weighted by molar-refractivity contribution is -0.143. The second-order valence-electron chi connectivity index (χ2n) is 4.72. The van der Waals surface area contributed by atoms with Gasteiger partial charge in [0, 0.05) is 11.4 Å². The Morgan fingerprint density at radius 2 is 2.00 bits per heavy atom. The first kappa shape index (κ1) is 15.8. The summed E-state index contributed by atoms with van der Waals surface area (Å²) < 4.78 is 25.1.